The standard InChI is InChI=1S/C17H27NO.C16H25NO.C8H15F3O/c1-14-5-7-15(8-6-14)16(13-17(2,3)4)18-9-11-19-12-10-18;1-16(2,3)13-15(14-7-5-4-6-8-14)17-9-11-18-12-10-17;1-6(2,3)5-7(4,12)8(9,10)11/h5-8,16H,9-13H2,1-4H3;4-8,15H,9-13H2,1-3H3;12H,5H2,1-4H3. The highest BCUT2D eigenvalue weighted by Gasteiger charge is 2.51. The molecule has 2 aliphatic rings. The molecule has 2 heterocycles. The molecule has 2 saturated heterocycles. The molecule has 3 unspecified atom stereocenters. The van der Waals surface area contributed by atoms with Gasteiger partial charge in [0.2, 0.25) is 0 Å². The van der Waals surface area contributed by atoms with Crippen molar-refractivity contribution in [2.45, 2.75) is 119 Å². The number of ether oxygens (including phenoxy) is 2. The molecule has 3 atom stereocenters. The van der Waals surface area contributed by atoms with E-state index in [0.717, 1.165) is 59.5 Å². The van der Waals surface area contributed by atoms with Crippen molar-refractivity contribution >= 4 is 0 Å². The minimum Gasteiger partial charge on any atom is -0.381 e. The molecule has 0 saturated carbocycles. The zero-order valence-electron chi connectivity index (χ0n) is 32.4. The van der Waals surface area contributed by atoms with Gasteiger partial charge in [-0.25, -0.2) is 0 Å². The number of morpholine rings is 2. The number of nitrogens with zero attached hydrogens (tertiary/aromatic N) is 2. The molecule has 2 fully saturated rings. The average molecular weight is 693 g/mol. The van der Waals surface area contributed by atoms with E-state index in [2.05, 4.69) is 113 Å². The predicted octanol–water partition coefficient (Wildman–Crippen LogP) is 10.0. The summed E-state index contributed by atoms with van der Waals surface area (Å²) in [5.41, 5.74) is 1.80. The zero-order chi connectivity index (χ0) is 37.1. The van der Waals surface area contributed by atoms with Gasteiger partial charge >= 0.3 is 6.18 Å². The van der Waals surface area contributed by atoms with Crippen LogP contribution >= 0.6 is 0 Å². The summed E-state index contributed by atoms with van der Waals surface area (Å²) in [7, 11) is 0. The maximum Gasteiger partial charge on any atom is 0.416 e. The first-order valence-corrected chi connectivity index (χ1v) is 18.0. The van der Waals surface area contributed by atoms with Gasteiger partial charge in [-0.2, -0.15) is 13.2 Å². The summed E-state index contributed by atoms with van der Waals surface area (Å²) in [6.45, 7) is 29.6. The smallest absolute Gasteiger partial charge is 0.381 e. The number of aryl methyl sites for hydroxylation is 1. The van der Waals surface area contributed by atoms with Crippen LogP contribution in [0, 0.1) is 23.2 Å². The summed E-state index contributed by atoms with van der Waals surface area (Å²) in [5, 5.41) is 9.06. The van der Waals surface area contributed by atoms with Crippen LogP contribution in [0.3, 0.4) is 0 Å². The highest BCUT2D eigenvalue weighted by atomic mass is 19.4. The van der Waals surface area contributed by atoms with E-state index < -0.39 is 17.2 Å². The lowest BCUT2D eigenvalue weighted by Crippen LogP contribution is -2.44. The molecule has 0 aliphatic carbocycles. The second-order valence-corrected chi connectivity index (χ2v) is 17.7. The van der Waals surface area contributed by atoms with Crippen molar-refractivity contribution in [3.63, 3.8) is 0 Å². The minimum atomic E-state index is -4.54. The lowest BCUT2D eigenvalue weighted by Gasteiger charge is -2.38. The summed E-state index contributed by atoms with van der Waals surface area (Å²) >= 11 is 0. The molecule has 4 rings (SSSR count). The van der Waals surface area contributed by atoms with E-state index in [1.807, 2.05) is 0 Å². The van der Waals surface area contributed by atoms with E-state index in [-0.39, 0.29) is 6.42 Å². The molecule has 2 aromatic carbocycles. The predicted molar refractivity (Wildman–Crippen MR) is 197 cm³/mol. The molecule has 0 bridgehead atoms. The normalized spacial score (nSPS) is 19.4. The highest BCUT2D eigenvalue weighted by molar-refractivity contribution is 5.24. The van der Waals surface area contributed by atoms with E-state index >= 15 is 0 Å². The fourth-order valence-corrected chi connectivity index (χ4v) is 6.45. The van der Waals surface area contributed by atoms with Crippen molar-refractivity contribution in [1.29, 1.82) is 0 Å². The summed E-state index contributed by atoms with van der Waals surface area (Å²) < 4.78 is 47.3. The van der Waals surface area contributed by atoms with Gasteiger partial charge in [0.1, 0.15) is 0 Å². The Morgan fingerprint density at radius 1 is 0.592 bits per heavy atom. The van der Waals surface area contributed by atoms with Gasteiger partial charge in [0, 0.05) is 38.3 Å². The molecule has 0 spiro atoms. The van der Waals surface area contributed by atoms with E-state index in [0.29, 0.717) is 22.9 Å². The van der Waals surface area contributed by atoms with E-state index in [1.165, 1.54) is 29.5 Å². The Balaban J connectivity index is 0.000000263. The molecule has 0 radical (unpaired) electrons. The zero-order valence-corrected chi connectivity index (χ0v) is 32.4. The summed E-state index contributed by atoms with van der Waals surface area (Å²) in [6.07, 6.45) is -2.45. The summed E-state index contributed by atoms with van der Waals surface area (Å²) in [6, 6.07) is 21.0. The lowest BCUT2D eigenvalue weighted by molar-refractivity contribution is -0.261. The number of aliphatic hydroxyl groups is 1. The van der Waals surface area contributed by atoms with Crippen LogP contribution in [0.2, 0.25) is 0 Å². The maximum absolute atomic E-state index is 12.1. The Morgan fingerprint density at radius 2 is 0.959 bits per heavy atom. The fraction of sp³-hybridized carbons (Fsp3) is 0.707. The van der Waals surface area contributed by atoms with Gasteiger partial charge in [0.25, 0.3) is 0 Å². The Labute approximate surface area is 296 Å². The third-order valence-corrected chi connectivity index (χ3v) is 8.72. The van der Waals surface area contributed by atoms with Crippen LogP contribution in [0.25, 0.3) is 0 Å². The van der Waals surface area contributed by atoms with Crippen LogP contribution in [-0.2, 0) is 9.47 Å². The SMILES string of the molecule is CC(C)(C)CC(C)(O)C(F)(F)F.CC(C)(C)CC(c1ccccc1)N1CCOCC1.Cc1ccc(C(CC(C)(C)C)N2CCOCC2)cc1. The van der Waals surface area contributed by atoms with Crippen molar-refractivity contribution in [1.82, 2.24) is 9.80 Å². The summed E-state index contributed by atoms with van der Waals surface area (Å²) in [5.74, 6) is 0. The first-order chi connectivity index (χ1) is 22.5. The minimum absolute atomic E-state index is 0.288. The van der Waals surface area contributed by atoms with Gasteiger partial charge in [0.15, 0.2) is 5.60 Å². The van der Waals surface area contributed by atoms with Crippen LogP contribution in [0.1, 0.15) is 117 Å². The number of alkyl halides is 3. The number of hydrogen-bond acceptors (Lipinski definition) is 5. The van der Waals surface area contributed by atoms with Crippen LogP contribution < -0.4 is 0 Å². The number of benzene rings is 2. The van der Waals surface area contributed by atoms with Crippen molar-refractivity contribution in [2.75, 3.05) is 52.6 Å². The second kappa shape index (κ2) is 18.5. The number of rotatable bonds is 7. The van der Waals surface area contributed by atoms with Gasteiger partial charge < -0.3 is 14.6 Å². The molecule has 2 aromatic rings. The van der Waals surface area contributed by atoms with Gasteiger partial charge in [0.05, 0.1) is 26.4 Å². The van der Waals surface area contributed by atoms with E-state index in [1.54, 1.807) is 20.8 Å². The molecule has 0 amide bonds. The molecule has 49 heavy (non-hydrogen) atoms. The second-order valence-electron chi connectivity index (χ2n) is 17.7. The molecule has 1 N–H and O–H groups in total. The third-order valence-electron chi connectivity index (χ3n) is 8.72. The van der Waals surface area contributed by atoms with E-state index in [4.69, 9.17) is 14.6 Å². The van der Waals surface area contributed by atoms with Gasteiger partial charge in [-0.05, 0) is 60.5 Å². The molecule has 280 valence electrons. The Bertz CT molecular complexity index is 1180. The molecule has 0 aromatic heterocycles. The lowest BCUT2D eigenvalue weighted by atomic mass is 9.82. The fourth-order valence-electron chi connectivity index (χ4n) is 6.45. The summed E-state index contributed by atoms with van der Waals surface area (Å²) in [4.78, 5) is 5.16. The third kappa shape index (κ3) is 16.7. The molecule has 8 heteroatoms. The number of halogens is 3. The van der Waals surface area contributed by atoms with Crippen molar-refractivity contribution in [3.8, 4) is 0 Å². The van der Waals surface area contributed by atoms with Crippen LogP contribution in [0.4, 0.5) is 13.2 Å². The highest BCUT2D eigenvalue weighted by Crippen LogP contribution is 2.39. The molecular weight excluding hydrogens is 625 g/mol. The largest absolute Gasteiger partial charge is 0.416 e. The van der Waals surface area contributed by atoms with Gasteiger partial charge in [-0.15, -0.1) is 0 Å². The van der Waals surface area contributed by atoms with Crippen LogP contribution in [-0.4, -0.2) is 79.3 Å². The molecule has 2 aliphatic heterocycles. The van der Waals surface area contributed by atoms with Gasteiger partial charge in [-0.3, -0.25) is 9.80 Å². The van der Waals surface area contributed by atoms with Crippen molar-refractivity contribution in [2.24, 2.45) is 16.2 Å². The van der Waals surface area contributed by atoms with E-state index in [9.17, 15) is 13.2 Å². The first-order valence-electron chi connectivity index (χ1n) is 18.0. The van der Waals surface area contributed by atoms with Crippen LogP contribution in [0.5, 0.6) is 0 Å². The molecular formula is C41H67F3N2O3. The maximum atomic E-state index is 12.1. The Hall–Kier alpha value is -1.97. The quantitative estimate of drug-likeness (QED) is 0.313. The topological polar surface area (TPSA) is 45.2 Å². The monoisotopic (exact) mass is 693 g/mol. The number of hydrogen-bond donors (Lipinski definition) is 1. The van der Waals surface area contributed by atoms with Crippen molar-refractivity contribution < 1.29 is 27.8 Å². The van der Waals surface area contributed by atoms with Gasteiger partial charge in [-0.1, -0.05) is 122 Å². The first kappa shape index (κ1) is 43.2. The average Bonchev–Trinajstić information content (AvgIpc) is 2.99. The van der Waals surface area contributed by atoms with Crippen LogP contribution in [0.15, 0.2) is 54.6 Å². The van der Waals surface area contributed by atoms with Crippen molar-refractivity contribution in [3.05, 3.63) is 71.3 Å². The molecule has 5 nitrogen and oxygen atoms in total. The Morgan fingerprint density at radius 3 is 1.27 bits per heavy atom. The Kier molecular flexibility index (Phi) is 16.3.